The van der Waals surface area contributed by atoms with Gasteiger partial charge in [-0.15, -0.1) is 0 Å². The molecule has 0 bridgehead atoms. The highest BCUT2D eigenvalue weighted by molar-refractivity contribution is 5.74. The van der Waals surface area contributed by atoms with Crippen molar-refractivity contribution in [3.05, 3.63) is 0 Å². The monoisotopic (exact) mass is 228 g/mol. The second-order valence-corrected chi connectivity index (χ2v) is 4.60. The van der Waals surface area contributed by atoms with Gasteiger partial charge in [0.2, 0.25) is 0 Å². The van der Waals surface area contributed by atoms with Gasteiger partial charge < -0.3 is 20.9 Å². The Bertz CT molecular complexity index is 200. The summed E-state index contributed by atoms with van der Waals surface area (Å²) in [5.74, 6) is 0. The van der Waals surface area contributed by atoms with Crippen LogP contribution in [-0.2, 0) is 0 Å². The number of nitrogens with zero attached hydrogens (tertiary/aromatic N) is 1. The van der Waals surface area contributed by atoms with E-state index in [-0.39, 0.29) is 12.1 Å². The molecular formula is C11H24N4O. The molecule has 0 saturated carbocycles. The average molecular weight is 228 g/mol. The molecule has 1 atom stereocenters. The van der Waals surface area contributed by atoms with Gasteiger partial charge in [-0.05, 0) is 33.5 Å². The van der Waals surface area contributed by atoms with Gasteiger partial charge >= 0.3 is 6.03 Å². The predicted molar refractivity (Wildman–Crippen MR) is 65.6 cm³/mol. The van der Waals surface area contributed by atoms with E-state index in [9.17, 15) is 4.79 Å². The summed E-state index contributed by atoms with van der Waals surface area (Å²) in [6.07, 6.45) is 3.48. The van der Waals surface area contributed by atoms with E-state index in [4.69, 9.17) is 0 Å². The van der Waals surface area contributed by atoms with E-state index >= 15 is 0 Å². The van der Waals surface area contributed by atoms with Gasteiger partial charge in [0, 0.05) is 25.7 Å². The lowest BCUT2D eigenvalue weighted by atomic mass is 10.1. The number of rotatable bonds is 4. The van der Waals surface area contributed by atoms with Crippen molar-refractivity contribution in [3.63, 3.8) is 0 Å². The summed E-state index contributed by atoms with van der Waals surface area (Å²) >= 11 is 0. The lowest BCUT2D eigenvalue weighted by Crippen LogP contribution is -2.47. The molecule has 1 rings (SSSR count). The Labute approximate surface area is 98.0 Å². The van der Waals surface area contributed by atoms with Crippen LogP contribution in [0.4, 0.5) is 4.79 Å². The predicted octanol–water partition coefficient (Wildman–Crippen LogP) is -0.0107. The van der Waals surface area contributed by atoms with Crippen LogP contribution < -0.4 is 16.0 Å². The molecule has 0 spiro atoms. The number of carbonyl (C=O) groups excluding carboxylic acids is 1. The van der Waals surface area contributed by atoms with Crippen molar-refractivity contribution in [1.29, 1.82) is 0 Å². The molecule has 1 unspecified atom stereocenters. The fourth-order valence-corrected chi connectivity index (χ4v) is 1.77. The minimum atomic E-state index is -0.0458. The first-order valence-corrected chi connectivity index (χ1v) is 6.08. The maximum absolute atomic E-state index is 11.5. The van der Waals surface area contributed by atoms with Crippen molar-refractivity contribution in [2.45, 2.75) is 25.3 Å². The lowest BCUT2D eigenvalue weighted by Gasteiger charge is -2.17. The third-order valence-electron chi connectivity index (χ3n) is 2.73. The van der Waals surface area contributed by atoms with Crippen molar-refractivity contribution in [1.82, 2.24) is 20.9 Å². The molecule has 0 radical (unpaired) electrons. The summed E-state index contributed by atoms with van der Waals surface area (Å²) in [6.45, 7) is 3.52. The topological polar surface area (TPSA) is 56.4 Å². The van der Waals surface area contributed by atoms with Gasteiger partial charge in [-0.25, -0.2) is 4.79 Å². The van der Waals surface area contributed by atoms with Gasteiger partial charge in [0.25, 0.3) is 0 Å². The number of amides is 2. The van der Waals surface area contributed by atoms with Gasteiger partial charge in [-0.1, -0.05) is 6.42 Å². The molecule has 2 amide bonds. The van der Waals surface area contributed by atoms with Crippen LogP contribution in [0.3, 0.4) is 0 Å². The number of likely N-dealkylation sites (N-methyl/N-ethyl adjacent to an activating group) is 1. The number of hydrogen-bond acceptors (Lipinski definition) is 3. The number of urea groups is 1. The normalized spacial score (nSPS) is 21.6. The van der Waals surface area contributed by atoms with Crippen molar-refractivity contribution in [3.8, 4) is 0 Å². The molecule has 5 nitrogen and oxygen atoms in total. The fourth-order valence-electron chi connectivity index (χ4n) is 1.77. The summed E-state index contributed by atoms with van der Waals surface area (Å²) in [4.78, 5) is 13.6. The minimum absolute atomic E-state index is 0.0458. The Kier molecular flexibility index (Phi) is 6.18. The molecule has 5 heteroatoms. The SMILES string of the molecule is CN(C)CCNC(=O)NC1CCCCNC1. The Morgan fingerprint density at radius 1 is 1.44 bits per heavy atom. The van der Waals surface area contributed by atoms with Crippen LogP contribution in [0.5, 0.6) is 0 Å². The van der Waals surface area contributed by atoms with Crippen LogP contribution in [0.1, 0.15) is 19.3 Å². The summed E-state index contributed by atoms with van der Waals surface area (Å²) in [7, 11) is 3.99. The summed E-state index contributed by atoms with van der Waals surface area (Å²) in [5, 5.41) is 9.19. The molecule has 0 aromatic carbocycles. The molecule has 3 N–H and O–H groups in total. The average Bonchev–Trinajstić information content (AvgIpc) is 2.45. The zero-order valence-corrected chi connectivity index (χ0v) is 10.4. The zero-order chi connectivity index (χ0) is 11.8. The van der Waals surface area contributed by atoms with Crippen molar-refractivity contribution in [2.24, 2.45) is 0 Å². The van der Waals surface area contributed by atoms with Gasteiger partial charge in [0.15, 0.2) is 0 Å². The van der Waals surface area contributed by atoms with Crippen LogP contribution in [-0.4, -0.2) is 57.2 Å². The standard InChI is InChI=1S/C11H24N4O/c1-15(2)8-7-13-11(16)14-10-5-3-4-6-12-9-10/h10,12H,3-9H2,1-2H3,(H2,13,14,16). The summed E-state index contributed by atoms with van der Waals surface area (Å²) in [5.41, 5.74) is 0. The van der Waals surface area contributed by atoms with Crippen LogP contribution >= 0.6 is 0 Å². The zero-order valence-electron chi connectivity index (χ0n) is 10.4. The van der Waals surface area contributed by atoms with Crippen LogP contribution in [0.2, 0.25) is 0 Å². The third-order valence-corrected chi connectivity index (χ3v) is 2.73. The van der Waals surface area contributed by atoms with Crippen LogP contribution in [0.15, 0.2) is 0 Å². The molecule has 1 saturated heterocycles. The molecule has 94 valence electrons. The van der Waals surface area contributed by atoms with Gasteiger partial charge in [-0.3, -0.25) is 0 Å². The first-order chi connectivity index (χ1) is 7.68. The van der Waals surface area contributed by atoms with E-state index in [1.54, 1.807) is 0 Å². The molecule has 0 aliphatic carbocycles. The Morgan fingerprint density at radius 2 is 2.25 bits per heavy atom. The quantitative estimate of drug-likeness (QED) is 0.634. The molecular weight excluding hydrogens is 204 g/mol. The van der Waals surface area contributed by atoms with E-state index in [0.29, 0.717) is 6.54 Å². The number of carbonyl (C=O) groups is 1. The minimum Gasteiger partial charge on any atom is -0.337 e. The van der Waals surface area contributed by atoms with Gasteiger partial charge in [0.05, 0.1) is 0 Å². The van der Waals surface area contributed by atoms with E-state index in [1.807, 2.05) is 19.0 Å². The highest BCUT2D eigenvalue weighted by Crippen LogP contribution is 2.03. The van der Waals surface area contributed by atoms with E-state index in [0.717, 1.165) is 26.1 Å². The highest BCUT2D eigenvalue weighted by Gasteiger charge is 2.13. The van der Waals surface area contributed by atoms with Gasteiger partial charge in [0.1, 0.15) is 0 Å². The van der Waals surface area contributed by atoms with E-state index in [2.05, 4.69) is 16.0 Å². The second kappa shape index (κ2) is 7.46. The first-order valence-electron chi connectivity index (χ1n) is 6.08. The molecule has 0 aromatic rings. The fraction of sp³-hybridized carbons (Fsp3) is 0.909. The molecule has 16 heavy (non-hydrogen) atoms. The summed E-state index contributed by atoms with van der Waals surface area (Å²) in [6, 6.07) is 0.234. The van der Waals surface area contributed by atoms with Crippen molar-refractivity contribution < 1.29 is 4.79 Å². The third kappa shape index (κ3) is 5.92. The highest BCUT2D eigenvalue weighted by atomic mass is 16.2. The largest absolute Gasteiger partial charge is 0.337 e. The maximum atomic E-state index is 11.5. The summed E-state index contributed by atoms with van der Waals surface area (Å²) < 4.78 is 0. The molecule has 1 heterocycles. The smallest absolute Gasteiger partial charge is 0.315 e. The van der Waals surface area contributed by atoms with Crippen LogP contribution in [0.25, 0.3) is 0 Å². The van der Waals surface area contributed by atoms with Crippen molar-refractivity contribution >= 4 is 6.03 Å². The Hall–Kier alpha value is -0.810. The first kappa shape index (κ1) is 13.3. The van der Waals surface area contributed by atoms with E-state index < -0.39 is 0 Å². The molecule has 1 aliphatic rings. The Balaban J connectivity index is 2.12. The second-order valence-electron chi connectivity index (χ2n) is 4.60. The van der Waals surface area contributed by atoms with E-state index in [1.165, 1.54) is 12.8 Å². The number of nitrogens with one attached hydrogen (secondary N) is 3. The Morgan fingerprint density at radius 3 is 3.00 bits per heavy atom. The van der Waals surface area contributed by atoms with Crippen LogP contribution in [0, 0.1) is 0 Å². The molecule has 1 fully saturated rings. The lowest BCUT2D eigenvalue weighted by molar-refractivity contribution is 0.235. The van der Waals surface area contributed by atoms with Gasteiger partial charge in [-0.2, -0.15) is 0 Å². The van der Waals surface area contributed by atoms with Crippen molar-refractivity contribution in [2.75, 3.05) is 40.3 Å². The molecule has 0 aromatic heterocycles. The number of hydrogen-bond donors (Lipinski definition) is 3. The maximum Gasteiger partial charge on any atom is 0.315 e. The molecule has 1 aliphatic heterocycles.